The predicted octanol–water partition coefficient (Wildman–Crippen LogP) is 3.73. The number of nitrogens with zero attached hydrogens (tertiary/aromatic N) is 3. The third-order valence-corrected chi connectivity index (χ3v) is 3.98. The highest BCUT2D eigenvalue weighted by molar-refractivity contribution is 5.53. The largest absolute Gasteiger partial charge is 0.506 e. The molecule has 2 heterocycles. The summed E-state index contributed by atoms with van der Waals surface area (Å²) in [5.41, 5.74) is 1.57. The molecule has 0 radical (unpaired) electrons. The average Bonchev–Trinajstić information content (AvgIpc) is 2.58. The lowest BCUT2D eigenvalue weighted by Gasteiger charge is -2.27. The molecule has 1 fully saturated rings. The van der Waals surface area contributed by atoms with Crippen LogP contribution in [-0.2, 0) is 0 Å². The molecular weight excluding hydrogens is 274 g/mol. The van der Waals surface area contributed by atoms with Crippen molar-refractivity contribution in [3.63, 3.8) is 0 Å². The zero-order valence-corrected chi connectivity index (χ0v) is 13.4. The molecule has 0 saturated heterocycles. The SMILES string of the molecule is CN(C)C1CCCCC1.Oc1ccc(-c2ccccn2)nc1. The maximum atomic E-state index is 9.02. The van der Waals surface area contributed by atoms with Gasteiger partial charge in [0.15, 0.2) is 0 Å². The molecular formula is C18H25N3O. The van der Waals surface area contributed by atoms with E-state index in [1.807, 2.05) is 18.2 Å². The number of aromatic nitrogens is 2. The Balaban J connectivity index is 0.000000172. The smallest absolute Gasteiger partial charge is 0.133 e. The number of rotatable bonds is 2. The maximum Gasteiger partial charge on any atom is 0.133 e. The minimum Gasteiger partial charge on any atom is -0.506 e. The summed E-state index contributed by atoms with van der Waals surface area (Å²) in [6.45, 7) is 0. The third kappa shape index (κ3) is 5.11. The molecule has 118 valence electrons. The van der Waals surface area contributed by atoms with E-state index in [0.717, 1.165) is 17.4 Å². The summed E-state index contributed by atoms with van der Waals surface area (Å²) in [7, 11) is 4.38. The molecule has 4 heteroatoms. The van der Waals surface area contributed by atoms with E-state index >= 15 is 0 Å². The van der Waals surface area contributed by atoms with Crippen LogP contribution in [0.1, 0.15) is 32.1 Å². The lowest BCUT2D eigenvalue weighted by atomic mass is 9.95. The fourth-order valence-corrected chi connectivity index (χ4v) is 2.65. The number of hydrogen-bond donors (Lipinski definition) is 1. The van der Waals surface area contributed by atoms with Crippen LogP contribution in [0.15, 0.2) is 42.7 Å². The predicted molar refractivity (Wildman–Crippen MR) is 89.7 cm³/mol. The van der Waals surface area contributed by atoms with Crippen molar-refractivity contribution in [2.45, 2.75) is 38.1 Å². The molecule has 0 amide bonds. The van der Waals surface area contributed by atoms with Gasteiger partial charge in [-0.05, 0) is 51.2 Å². The summed E-state index contributed by atoms with van der Waals surface area (Å²) in [6.07, 6.45) is 10.3. The van der Waals surface area contributed by atoms with Crippen LogP contribution < -0.4 is 0 Å². The first-order valence-corrected chi connectivity index (χ1v) is 7.89. The van der Waals surface area contributed by atoms with Gasteiger partial charge in [0.25, 0.3) is 0 Å². The van der Waals surface area contributed by atoms with Gasteiger partial charge in [0.05, 0.1) is 17.6 Å². The topological polar surface area (TPSA) is 49.2 Å². The molecule has 0 unspecified atom stereocenters. The molecule has 0 atom stereocenters. The number of hydrogen-bond acceptors (Lipinski definition) is 4. The Hall–Kier alpha value is -1.94. The fraction of sp³-hybridized carbons (Fsp3) is 0.444. The highest BCUT2D eigenvalue weighted by Gasteiger charge is 2.13. The Labute approximate surface area is 132 Å². The molecule has 4 nitrogen and oxygen atoms in total. The summed E-state index contributed by atoms with van der Waals surface area (Å²) in [6, 6.07) is 9.84. The molecule has 22 heavy (non-hydrogen) atoms. The second-order valence-electron chi connectivity index (χ2n) is 5.87. The van der Waals surface area contributed by atoms with Gasteiger partial charge in [0, 0.05) is 12.2 Å². The normalized spacial score (nSPS) is 15.2. The van der Waals surface area contributed by atoms with Crippen molar-refractivity contribution in [2.75, 3.05) is 14.1 Å². The Morgan fingerprint density at radius 2 is 1.68 bits per heavy atom. The van der Waals surface area contributed by atoms with Crippen molar-refractivity contribution >= 4 is 0 Å². The van der Waals surface area contributed by atoms with Crippen LogP contribution in [0, 0.1) is 0 Å². The van der Waals surface area contributed by atoms with Gasteiger partial charge in [-0.1, -0.05) is 25.3 Å². The van der Waals surface area contributed by atoms with Crippen molar-refractivity contribution in [3.05, 3.63) is 42.7 Å². The minimum atomic E-state index is 0.166. The van der Waals surface area contributed by atoms with Crippen molar-refractivity contribution in [2.24, 2.45) is 0 Å². The van der Waals surface area contributed by atoms with Crippen LogP contribution in [0.5, 0.6) is 5.75 Å². The molecule has 0 aromatic carbocycles. The van der Waals surface area contributed by atoms with Crippen LogP contribution in [-0.4, -0.2) is 40.1 Å². The Morgan fingerprint density at radius 1 is 0.955 bits per heavy atom. The summed E-state index contributed by atoms with van der Waals surface area (Å²) in [5, 5.41) is 9.02. The highest BCUT2D eigenvalue weighted by Crippen LogP contribution is 2.20. The Kier molecular flexibility index (Phi) is 6.34. The highest BCUT2D eigenvalue weighted by atomic mass is 16.3. The molecule has 0 spiro atoms. The van der Waals surface area contributed by atoms with Gasteiger partial charge in [0.2, 0.25) is 0 Å². The van der Waals surface area contributed by atoms with E-state index < -0.39 is 0 Å². The van der Waals surface area contributed by atoms with E-state index in [0.29, 0.717) is 0 Å². The molecule has 3 rings (SSSR count). The van der Waals surface area contributed by atoms with E-state index in [2.05, 4.69) is 29.0 Å². The van der Waals surface area contributed by atoms with Gasteiger partial charge in [-0.25, -0.2) is 0 Å². The van der Waals surface area contributed by atoms with Crippen LogP contribution in [0.25, 0.3) is 11.4 Å². The first-order valence-electron chi connectivity index (χ1n) is 7.89. The fourth-order valence-electron chi connectivity index (χ4n) is 2.65. The quantitative estimate of drug-likeness (QED) is 0.918. The van der Waals surface area contributed by atoms with Crippen LogP contribution in [0.2, 0.25) is 0 Å². The molecule has 2 aromatic heterocycles. The van der Waals surface area contributed by atoms with E-state index in [4.69, 9.17) is 5.11 Å². The Bertz CT molecular complexity index is 534. The summed E-state index contributed by atoms with van der Waals surface area (Å²) < 4.78 is 0. The second kappa shape index (κ2) is 8.49. The van der Waals surface area contributed by atoms with E-state index in [9.17, 15) is 0 Å². The Morgan fingerprint density at radius 3 is 2.18 bits per heavy atom. The summed E-state index contributed by atoms with van der Waals surface area (Å²) >= 11 is 0. The molecule has 1 aliphatic rings. The molecule has 0 aliphatic heterocycles. The molecule has 2 aromatic rings. The van der Waals surface area contributed by atoms with E-state index in [1.54, 1.807) is 18.3 Å². The maximum absolute atomic E-state index is 9.02. The average molecular weight is 299 g/mol. The van der Waals surface area contributed by atoms with Gasteiger partial charge in [-0.15, -0.1) is 0 Å². The molecule has 1 N–H and O–H groups in total. The van der Waals surface area contributed by atoms with Crippen molar-refractivity contribution < 1.29 is 5.11 Å². The number of pyridine rings is 2. The van der Waals surface area contributed by atoms with Gasteiger partial charge in [0.1, 0.15) is 5.75 Å². The van der Waals surface area contributed by atoms with Crippen molar-refractivity contribution in [1.29, 1.82) is 0 Å². The van der Waals surface area contributed by atoms with Crippen molar-refractivity contribution in [1.82, 2.24) is 14.9 Å². The first kappa shape index (κ1) is 16.4. The summed E-state index contributed by atoms with van der Waals surface area (Å²) in [4.78, 5) is 10.5. The van der Waals surface area contributed by atoms with E-state index in [-0.39, 0.29) is 5.75 Å². The molecule has 0 bridgehead atoms. The lowest BCUT2D eigenvalue weighted by Crippen LogP contribution is -2.29. The zero-order valence-electron chi connectivity index (χ0n) is 13.4. The van der Waals surface area contributed by atoms with Crippen molar-refractivity contribution in [3.8, 4) is 17.1 Å². The van der Waals surface area contributed by atoms with E-state index in [1.165, 1.54) is 38.3 Å². The van der Waals surface area contributed by atoms with Crippen LogP contribution in [0.3, 0.4) is 0 Å². The molecule has 1 saturated carbocycles. The lowest BCUT2D eigenvalue weighted by molar-refractivity contribution is 0.229. The third-order valence-electron chi connectivity index (χ3n) is 3.98. The van der Waals surface area contributed by atoms with Gasteiger partial charge >= 0.3 is 0 Å². The monoisotopic (exact) mass is 299 g/mol. The van der Waals surface area contributed by atoms with Gasteiger partial charge in [-0.3, -0.25) is 9.97 Å². The standard InChI is InChI=1S/C10H8N2O.C8H17N/c13-8-4-5-10(12-7-8)9-3-1-2-6-11-9;1-9(2)8-6-4-3-5-7-8/h1-7,13H;8H,3-7H2,1-2H3. The second-order valence-corrected chi connectivity index (χ2v) is 5.87. The number of aromatic hydroxyl groups is 1. The van der Waals surface area contributed by atoms with Gasteiger partial charge in [-0.2, -0.15) is 0 Å². The van der Waals surface area contributed by atoms with Gasteiger partial charge < -0.3 is 10.0 Å². The van der Waals surface area contributed by atoms with Crippen LogP contribution in [0.4, 0.5) is 0 Å². The first-order chi connectivity index (χ1) is 10.7. The van der Waals surface area contributed by atoms with Crippen LogP contribution >= 0.6 is 0 Å². The molecule has 1 aliphatic carbocycles. The minimum absolute atomic E-state index is 0.166. The summed E-state index contributed by atoms with van der Waals surface area (Å²) in [5.74, 6) is 0.166. The zero-order chi connectivity index (χ0) is 15.8.